The molecule has 2 aliphatic heterocycles. The van der Waals surface area contributed by atoms with Gasteiger partial charge in [0.15, 0.2) is 6.61 Å². The second-order valence-electron chi connectivity index (χ2n) is 8.37. The van der Waals surface area contributed by atoms with Crippen LogP contribution in [0.15, 0.2) is 42.5 Å². The van der Waals surface area contributed by atoms with Crippen LogP contribution in [0.5, 0.6) is 11.5 Å². The number of hydrogen-bond donors (Lipinski definition) is 1. The second-order valence-corrected chi connectivity index (χ2v) is 8.37. The Labute approximate surface area is 191 Å². The summed E-state index contributed by atoms with van der Waals surface area (Å²) in [5.41, 5.74) is 1.85. The molecule has 0 saturated carbocycles. The van der Waals surface area contributed by atoms with Crippen molar-refractivity contribution >= 4 is 22.8 Å². The number of benzene rings is 2. The number of nitrogens with zero attached hydrogens (tertiary/aromatic N) is 4. The van der Waals surface area contributed by atoms with Crippen LogP contribution in [-0.2, 0) is 4.79 Å². The largest absolute Gasteiger partial charge is 0.573 e. The number of hydrogen-bond acceptors (Lipinski definition) is 6. The SMILES string of the molecule is O=C(COc1cccc(OC(F)(F)F)c1)N1C[C@@H]2CN(C(=O)c3ccc4n[nH]nc4c3)C[C@@H]2C1. The quantitative estimate of drug-likeness (QED) is 0.609. The summed E-state index contributed by atoms with van der Waals surface area (Å²) in [6.45, 7) is 1.78. The van der Waals surface area contributed by atoms with Crippen molar-refractivity contribution < 1.29 is 32.2 Å². The van der Waals surface area contributed by atoms with Crippen molar-refractivity contribution in [3.8, 4) is 11.5 Å². The fourth-order valence-corrected chi connectivity index (χ4v) is 4.52. The van der Waals surface area contributed by atoms with Crippen LogP contribution >= 0.6 is 0 Å². The molecule has 9 nitrogen and oxygen atoms in total. The highest BCUT2D eigenvalue weighted by atomic mass is 19.4. The summed E-state index contributed by atoms with van der Waals surface area (Å²) in [4.78, 5) is 29.0. The molecule has 2 fully saturated rings. The van der Waals surface area contributed by atoms with Crippen LogP contribution in [-0.4, -0.2) is 76.2 Å². The van der Waals surface area contributed by atoms with Gasteiger partial charge in [-0.05, 0) is 30.3 Å². The van der Waals surface area contributed by atoms with E-state index in [-0.39, 0.29) is 36.0 Å². The van der Waals surface area contributed by atoms with Gasteiger partial charge in [0.05, 0.1) is 0 Å². The smallest absolute Gasteiger partial charge is 0.484 e. The van der Waals surface area contributed by atoms with Gasteiger partial charge in [0, 0.05) is 49.6 Å². The van der Waals surface area contributed by atoms with Crippen LogP contribution in [0.3, 0.4) is 0 Å². The molecule has 5 rings (SSSR count). The van der Waals surface area contributed by atoms with Gasteiger partial charge in [0.25, 0.3) is 11.8 Å². The summed E-state index contributed by atoms with van der Waals surface area (Å²) in [6.07, 6.45) is -4.81. The van der Waals surface area contributed by atoms with E-state index in [0.717, 1.165) is 12.1 Å². The van der Waals surface area contributed by atoms with E-state index in [1.807, 2.05) is 0 Å². The van der Waals surface area contributed by atoms with Crippen LogP contribution in [0.2, 0.25) is 0 Å². The number of halogens is 3. The third-order valence-electron chi connectivity index (χ3n) is 6.09. The highest BCUT2D eigenvalue weighted by Gasteiger charge is 2.43. The van der Waals surface area contributed by atoms with Crippen molar-refractivity contribution in [2.24, 2.45) is 11.8 Å². The van der Waals surface area contributed by atoms with Gasteiger partial charge in [0.1, 0.15) is 22.5 Å². The number of alkyl halides is 3. The maximum Gasteiger partial charge on any atom is 0.573 e. The number of H-pyrrole nitrogens is 1. The Hall–Kier alpha value is -3.83. The number of carbonyl (C=O) groups is 2. The fraction of sp³-hybridized carbons (Fsp3) is 0.364. The van der Waals surface area contributed by atoms with Crippen molar-refractivity contribution in [2.75, 3.05) is 32.8 Å². The molecule has 2 amide bonds. The average Bonchev–Trinajstić information content (AvgIpc) is 3.50. The van der Waals surface area contributed by atoms with Crippen molar-refractivity contribution in [3.63, 3.8) is 0 Å². The van der Waals surface area contributed by atoms with Gasteiger partial charge in [-0.15, -0.1) is 13.2 Å². The number of carbonyl (C=O) groups excluding carboxylic acids is 2. The standard InChI is InChI=1S/C22H20F3N5O4/c23-22(24,25)34-17-3-1-2-16(7-17)33-12-20(31)29-8-14-10-30(11-15(14)9-29)21(32)13-4-5-18-19(6-13)27-28-26-18/h1-7,14-15H,8-12H2,(H,26,27,28)/t14-,15+. The van der Waals surface area contributed by atoms with Crippen molar-refractivity contribution in [1.29, 1.82) is 0 Å². The third-order valence-corrected chi connectivity index (χ3v) is 6.09. The predicted molar refractivity (Wildman–Crippen MR) is 112 cm³/mol. The van der Waals surface area contributed by atoms with Crippen molar-refractivity contribution in [2.45, 2.75) is 6.36 Å². The number of aromatic amines is 1. The van der Waals surface area contributed by atoms with Crippen LogP contribution in [0.25, 0.3) is 11.0 Å². The average molecular weight is 475 g/mol. The molecule has 0 aliphatic carbocycles. The second kappa shape index (κ2) is 8.50. The maximum absolute atomic E-state index is 12.9. The van der Waals surface area contributed by atoms with E-state index < -0.39 is 12.1 Å². The lowest BCUT2D eigenvalue weighted by molar-refractivity contribution is -0.274. The highest BCUT2D eigenvalue weighted by Crippen LogP contribution is 2.32. The molecule has 34 heavy (non-hydrogen) atoms. The molecule has 178 valence electrons. The van der Waals surface area contributed by atoms with Crippen LogP contribution in [0.4, 0.5) is 13.2 Å². The van der Waals surface area contributed by atoms with E-state index in [2.05, 4.69) is 20.1 Å². The molecule has 1 N–H and O–H groups in total. The molecule has 2 aliphatic rings. The van der Waals surface area contributed by atoms with Gasteiger partial charge in [-0.3, -0.25) is 9.59 Å². The first-order valence-electron chi connectivity index (χ1n) is 10.6. The minimum atomic E-state index is -4.81. The molecular weight excluding hydrogens is 455 g/mol. The lowest BCUT2D eigenvalue weighted by atomic mass is 10.0. The van der Waals surface area contributed by atoms with E-state index in [1.54, 1.807) is 28.0 Å². The normalized spacial score (nSPS) is 20.0. The van der Waals surface area contributed by atoms with E-state index in [1.165, 1.54) is 12.1 Å². The van der Waals surface area contributed by atoms with Crippen LogP contribution in [0, 0.1) is 11.8 Å². The molecule has 2 aromatic carbocycles. The molecule has 1 aromatic heterocycles. The van der Waals surface area contributed by atoms with Gasteiger partial charge in [-0.25, -0.2) is 0 Å². The number of rotatable bonds is 5. The summed E-state index contributed by atoms with van der Waals surface area (Å²) in [6, 6.07) is 10.2. The Morgan fingerprint density at radius 1 is 0.941 bits per heavy atom. The minimum Gasteiger partial charge on any atom is -0.484 e. The lowest BCUT2D eigenvalue weighted by Crippen LogP contribution is -2.37. The Kier molecular flexibility index (Phi) is 5.50. The molecule has 12 heteroatoms. The zero-order valence-corrected chi connectivity index (χ0v) is 17.8. The number of likely N-dealkylation sites (tertiary alicyclic amines) is 2. The van der Waals surface area contributed by atoms with Crippen molar-refractivity contribution in [3.05, 3.63) is 48.0 Å². The number of amides is 2. The molecule has 2 atom stereocenters. The van der Waals surface area contributed by atoms with E-state index in [4.69, 9.17) is 4.74 Å². The summed E-state index contributed by atoms with van der Waals surface area (Å²) in [5, 5.41) is 10.5. The summed E-state index contributed by atoms with van der Waals surface area (Å²) in [7, 11) is 0. The Morgan fingerprint density at radius 2 is 1.62 bits per heavy atom. The Morgan fingerprint density at radius 3 is 2.35 bits per heavy atom. The number of aromatic nitrogens is 3. The minimum absolute atomic E-state index is 0.0820. The molecular formula is C22H20F3N5O4. The summed E-state index contributed by atoms with van der Waals surface area (Å²) < 4.78 is 46.4. The van der Waals surface area contributed by atoms with Crippen molar-refractivity contribution in [1.82, 2.24) is 25.2 Å². The van der Waals surface area contributed by atoms with Gasteiger partial charge < -0.3 is 19.3 Å². The molecule has 2 saturated heterocycles. The number of ether oxygens (including phenoxy) is 2. The first-order valence-corrected chi connectivity index (χ1v) is 10.6. The number of nitrogens with one attached hydrogen (secondary N) is 1. The molecule has 0 radical (unpaired) electrons. The van der Waals surface area contributed by atoms with Gasteiger partial charge in [0.2, 0.25) is 0 Å². The van der Waals surface area contributed by atoms with Crippen LogP contribution in [0.1, 0.15) is 10.4 Å². The zero-order chi connectivity index (χ0) is 23.9. The summed E-state index contributed by atoms with van der Waals surface area (Å²) in [5.74, 6) is -0.331. The molecule has 3 heterocycles. The van der Waals surface area contributed by atoms with Gasteiger partial charge in [-0.1, -0.05) is 6.07 Å². The van der Waals surface area contributed by atoms with Gasteiger partial charge in [-0.2, -0.15) is 15.4 Å². The first-order chi connectivity index (χ1) is 16.2. The molecule has 0 unspecified atom stereocenters. The van der Waals surface area contributed by atoms with Crippen LogP contribution < -0.4 is 9.47 Å². The van der Waals surface area contributed by atoms with Gasteiger partial charge >= 0.3 is 6.36 Å². The monoisotopic (exact) mass is 475 g/mol. The zero-order valence-electron chi connectivity index (χ0n) is 17.8. The number of fused-ring (bicyclic) bond motifs is 2. The molecule has 0 spiro atoms. The van der Waals surface area contributed by atoms with E-state index in [9.17, 15) is 22.8 Å². The fourth-order valence-electron chi connectivity index (χ4n) is 4.52. The topological polar surface area (TPSA) is 101 Å². The summed E-state index contributed by atoms with van der Waals surface area (Å²) >= 11 is 0. The predicted octanol–water partition coefficient (Wildman–Crippen LogP) is 2.47. The van der Waals surface area contributed by atoms with E-state index in [0.29, 0.717) is 42.8 Å². The highest BCUT2D eigenvalue weighted by molar-refractivity contribution is 5.97. The third kappa shape index (κ3) is 4.61. The first kappa shape index (κ1) is 22.0. The Balaban J connectivity index is 1.13. The lowest BCUT2D eigenvalue weighted by Gasteiger charge is -2.22. The van der Waals surface area contributed by atoms with E-state index >= 15 is 0 Å². The molecule has 3 aromatic rings. The maximum atomic E-state index is 12.9. The Bertz CT molecular complexity index is 1220. The molecule has 0 bridgehead atoms.